The summed E-state index contributed by atoms with van der Waals surface area (Å²) in [6, 6.07) is 1.73. The Balaban J connectivity index is 3.18. The fourth-order valence-corrected chi connectivity index (χ4v) is 5.00. The first-order valence-electron chi connectivity index (χ1n) is 5.32. The number of nitrogens with zero attached hydrogens (tertiary/aromatic N) is 3. The van der Waals surface area contributed by atoms with Gasteiger partial charge in [-0.2, -0.15) is 9.57 Å². The van der Waals surface area contributed by atoms with Gasteiger partial charge in [-0.25, -0.2) is 13.4 Å². The fourth-order valence-electron chi connectivity index (χ4n) is 1.51. The second-order valence-corrected chi connectivity index (χ2v) is 7.62. The van der Waals surface area contributed by atoms with Crippen molar-refractivity contribution in [3.8, 4) is 6.07 Å². The first-order valence-corrected chi connectivity index (χ1v) is 7.96. The molecule has 18 heavy (non-hydrogen) atoms. The van der Waals surface area contributed by atoms with Crippen molar-refractivity contribution in [2.24, 2.45) is 0 Å². The average Bonchev–Trinajstić information content (AvgIpc) is 2.58. The van der Waals surface area contributed by atoms with Gasteiger partial charge < -0.3 is 0 Å². The molecule has 0 atom stereocenters. The third-order valence-electron chi connectivity index (χ3n) is 2.29. The van der Waals surface area contributed by atoms with Crippen molar-refractivity contribution in [2.45, 2.75) is 37.4 Å². The van der Waals surface area contributed by atoms with E-state index in [4.69, 9.17) is 16.9 Å². The van der Waals surface area contributed by atoms with E-state index in [0.717, 1.165) is 11.3 Å². The molecular weight excluding hydrogens is 294 g/mol. The molecule has 0 saturated carbocycles. The number of halogens is 1. The summed E-state index contributed by atoms with van der Waals surface area (Å²) in [5, 5.41) is 8.59. The van der Waals surface area contributed by atoms with Gasteiger partial charge in [-0.05, 0) is 20.8 Å². The lowest BCUT2D eigenvalue weighted by Crippen LogP contribution is -2.37. The lowest BCUT2D eigenvalue weighted by molar-refractivity contribution is 0.361. The zero-order chi connectivity index (χ0) is 13.9. The summed E-state index contributed by atoms with van der Waals surface area (Å²) in [6.45, 7) is 5.32. The number of aromatic nitrogens is 1. The summed E-state index contributed by atoms with van der Waals surface area (Å²) >= 11 is 6.67. The summed E-state index contributed by atoms with van der Waals surface area (Å²) in [4.78, 5) is 3.91. The standard InChI is InChI=1S/C10H14ClN3O2S2/c1-7(2)14(6-4-5-12)18(15,16)9-8(3)13-10(11)17-9/h7H,4,6H2,1-3H3. The average molecular weight is 308 g/mol. The van der Waals surface area contributed by atoms with Gasteiger partial charge in [-0.3, -0.25) is 0 Å². The van der Waals surface area contributed by atoms with Gasteiger partial charge in [0.1, 0.15) is 0 Å². The topological polar surface area (TPSA) is 74.1 Å². The smallest absolute Gasteiger partial charge is 0.229 e. The van der Waals surface area contributed by atoms with Gasteiger partial charge in [0.15, 0.2) is 8.68 Å². The van der Waals surface area contributed by atoms with E-state index >= 15 is 0 Å². The summed E-state index contributed by atoms with van der Waals surface area (Å²) in [6.07, 6.45) is 0.156. The second kappa shape index (κ2) is 5.97. The summed E-state index contributed by atoms with van der Waals surface area (Å²) in [5.74, 6) is 0. The maximum Gasteiger partial charge on any atom is 0.254 e. The van der Waals surface area contributed by atoms with Gasteiger partial charge in [-0.1, -0.05) is 22.9 Å². The Hall–Kier alpha value is -0.680. The molecule has 0 aromatic carbocycles. The molecule has 0 bridgehead atoms. The number of hydrogen-bond acceptors (Lipinski definition) is 5. The highest BCUT2D eigenvalue weighted by molar-refractivity contribution is 7.91. The monoisotopic (exact) mass is 307 g/mol. The number of nitriles is 1. The molecule has 0 fully saturated rings. The van der Waals surface area contributed by atoms with Crippen molar-refractivity contribution in [2.75, 3.05) is 6.54 Å². The number of aryl methyl sites for hydroxylation is 1. The van der Waals surface area contributed by atoms with Gasteiger partial charge in [0, 0.05) is 19.0 Å². The van der Waals surface area contributed by atoms with E-state index in [1.54, 1.807) is 20.8 Å². The Morgan fingerprint density at radius 3 is 2.56 bits per heavy atom. The molecule has 1 aromatic rings. The maximum absolute atomic E-state index is 12.4. The SMILES string of the molecule is Cc1nc(Cl)sc1S(=O)(=O)N(CCC#N)C(C)C. The molecule has 0 aliphatic rings. The van der Waals surface area contributed by atoms with Crippen molar-refractivity contribution in [1.82, 2.24) is 9.29 Å². The van der Waals surface area contributed by atoms with Crippen molar-refractivity contribution >= 4 is 33.0 Å². The van der Waals surface area contributed by atoms with Gasteiger partial charge in [0.2, 0.25) is 0 Å². The molecule has 1 rings (SSSR count). The minimum atomic E-state index is -3.63. The molecule has 0 unspecified atom stereocenters. The van der Waals surface area contributed by atoms with Crippen LogP contribution in [0.25, 0.3) is 0 Å². The third kappa shape index (κ3) is 3.20. The van der Waals surface area contributed by atoms with Crippen LogP contribution in [0.2, 0.25) is 4.47 Å². The molecule has 0 aliphatic heterocycles. The van der Waals surface area contributed by atoms with E-state index in [-0.39, 0.29) is 27.7 Å². The molecule has 8 heteroatoms. The fraction of sp³-hybridized carbons (Fsp3) is 0.600. The molecule has 0 aliphatic carbocycles. The normalized spacial score (nSPS) is 12.1. The van der Waals surface area contributed by atoms with Crippen LogP contribution >= 0.6 is 22.9 Å². The van der Waals surface area contributed by atoms with Crippen LogP contribution in [0.5, 0.6) is 0 Å². The predicted molar refractivity (Wildman–Crippen MR) is 71.1 cm³/mol. The second-order valence-electron chi connectivity index (χ2n) is 3.96. The summed E-state index contributed by atoms with van der Waals surface area (Å²) in [5.41, 5.74) is 0.396. The quantitative estimate of drug-likeness (QED) is 0.837. The lowest BCUT2D eigenvalue weighted by atomic mass is 10.3. The molecule has 0 saturated heterocycles. The van der Waals surface area contributed by atoms with Crippen molar-refractivity contribution in [1.29, 1.82) is 5.26 Å². The van der Waals surface area contributed by atoms with Crippen LogP contribution in [-0.4, -0.2) is 30.3 Å². The highest BCUT2D eigenvalue weighted by Gasteiger charge is 2.30. The van der Waals surface area contributed by atoms with Gasteiger partial charge in [0.25, 0.3) is 10.0 Å². The van der Waals surface area contributed by atoms with Crippen LogP contribution in [-0.2, 0) is 10.0 Å². The predicted octanol–water partition coefficient (Wildman–Crippen LogP) is 2.42. The Kier molecular flexibility index (Phi) is 5.10. The number of sulfonamides is 1. The molecule has 1 heterocycles. The highest BCUT2D eigenvalue weighted by Crippen LogP contribution is 2.30. The first kappa shape index (κ1) is 15.4. The minimum Gasteiger partial charge on any atom is -0.229 e. The molecular formula is C10H14ClN3O2S2. The number of rotatable bonds is 5. The Bertz CT molecular complexity index is 560. The van der Waals surface area contributed by atoms with Gasteiger partial charge >= 0.3 is 0 Å². The van der Waals surface area contributed by atoms with E-state index in [1.165, 1.54) is 4.31 Å². The van der Waals surface area contributed by atoms with Crippen molar-refractivity contribution in [3.05, 3.63) is 10.2 Å². The van der Waals surface area contributed by atoms with Crippen molar-refractivity contribution < 1.29 is 8.42 Å². The van der Waals surface area contributed by atoms with Crippen LogP contribution in [0.15, 0.2) is 4.21 Å². The largest absolute Gasteiger partial charge is 0.254 e. The van der Waals surface area contributed by atoms with Gasteiger partial charge in [0.05, 0.1) is 11.8 Å². The van der Waals surface area contributed by atoms with Crippen LogP contribution in [0.3, 0.4) is 0 Å². The Morgan fingerprint density at radius 1 is 1.56 bits per heavy atom. The van der Waals surface area contributed by atoms with Crippen LogP contribution in [0, 0.1) is 18.3 Å². The number of hydrogen-bond donors (Lipinski definition) is 0. The minimum absolute atomic E-state index is 0.152. The first-order chi connectivity index (χ1) is 8.30. The molecule has 0 spiro atoms. The van der Waals surface area contributed by atoms with Crippen LogP contribution in [0.1, 0.15) is 26.0 Å². The number of thiazole rings is 1. The van der Waals surface area contributed by atoms with Crippen LogP contribution in [0.4, 0.5) is 0 Å². The van der Waals surface area contributed by atoms with E-state index in [9.17, 15) is 8.42 Å². The Labute approximate surface area is 116 Å². The van der Waals surface area contributed by atoms with E-state index < -0.39 is 10.0 Å². The summed E-state index contributed by atoms with van der Waals surface area (Å²) < 4.78 is 26.5. The molecule has 0 amide bonds. The molecule has 1 aromatic heterocycles. The molecule has 0 radical (unpaired) electrons. The van der Waals surface area contributed by atoms with Crippen LogP contribution < -0.4 is 0 Å². The Morgan fingerprint density at radius 2 is 2.17 bits per heavy atom. The molecule has 0 N–H and O–H groups in total. The zero-order valence-corrected chi connectivity index (χ0v) is 12.7. The maximum atomic E-state index is 12.4. The molecule has 5 nitrogen and oxygen atoms in total. The third-order valence-corrected chi connectivity index (χ3v) is 6.21. The van der Waals surface area contributed by atoms with Gasteiger partial charge in [-0.15, -0.1) is 0 Å². The van der Waals surface area contributed by atoms with E-state index in [2.05, 4.69) is 4.98 Å². The zero-order valence-electron chi connectivity index (χ0n) is 10.3. The lowest BCUT2D eigenvalue weighted by Gasteiger charge is -2.24. The summed E-state index contributed by atoms with van der Waals surface area (Å²) in [7, 11) is -3.63. The highest BCUT2D eigenvalue weighted by atomic mass is 35.5. The van der Waals surface area contributed by atoms with E-state index in [1.807, 2.05) is 6.07 Å². The van der Waals surface area contributed by atoms with E-state index in [0.29, 0.717) is 5.69 Å². The van der Waals surface area contributed by atoms with Crippen molar-refractivity contribution in [3.63, 3.8) is 0 Å². The molecule has 100 valence electrons.